The molecule has 1 aromatic rings. The highest BCUT2D eigenvalue weighted by Gasteiger charge is 2.53. The van der Waals surface area contributed by atoms with Crippen LogP contribution in [0.2, 0.25) is 0 Å². The third-order valence-electron chi connectivity index (χ3n) is 3.90. The van der Waals surface area contributed by atoms with E-state index in [1.165, 1.54) is 16.7 Å². The summed E-state index contributed by atoms with van der Waals surface area (Å²) in [5, 5.41) is 9.20. The van der Waals surface area contributed by atoms with Crippen LogP contribution in [-0.2, 0) is 5.41 Å². The molecule has 0 unspecified atom stereocenters. The highest BCUT2D eigenvalue weighted by Crippen LogP contribution is 2.53. The average molecular weight is 205 g/mol. The van der Waals surface area contributed by atoms with E-state index in [0.29, 0.717) is 12.5 Å². The van der Waals surface area contributed by atoms with Crippen molar-refractivity contribution in [2.24, 2.45) is 11.7 Å². The quantitative estimate of drug-likeness (QED) is 0.785. The van der Waals surface area contributed by atoms with Gasteiger partial charge in [-0.05, 0) is 42.9 Å². The van der Waals surface area contributed by atoms with Crippen molar-refractivity contribution in [3.05, 3.63) is 34.9 Å². The van der Waals surface area contributed by atoms with Crippen molar-refractivity contribution in [2.75, 3.05) is 13.2 Å². The molecule has 0 spiro atoms. The van der Waals surface area contributed by atoms with Crippen LogP contribution in [0.5, 0.6) is 0 Å². The Morgan fingerprint density at radius 1 is 1.40 bits per heavy atom. The minimum Gasteiger partial charge on any atom is -0.396 e. The highest BCUT2D eigenvalue weighted by molar-refractivity contribution is 5.39. The first kappa shape index (κ1) is 10.7. The molecular formula is C13H19NO. The van der Waals surface area contributed by atoms with E-state index in [4.69, 9.17) is 5.73 Å². The van der Waals surface area contributed by atoms with Crippen molar-refractivity contribution in [1.82, 2.24) is 0 Å². The van der Waals surface area contributed by atoms with Gasteiger partial charge in [-0.25, -0.2) is 0 Å². The monoisotopic (exact) mass is 205 g/mol. The molecule has 0 radical (unpaired) electrons. The summed E-state index contributed by atoms with van der Waals surface area (Å²) in [6, 6.07) is 6.53. The van der Waals surface area contributed by atoms with Gasteiger partial charge in [0.15, 0.2) is 0 Å². The number of aliphatic hydroxyl groups excluding tert-OH is 1. The molecule has 0 bridgehead atoms. The second-order valence-electron chi connectivity index (χ2n) is 4.74. The van der Waals surface area contributed by atoms with Crippen LogP contribution < -0.4 is 5.73 Å². The first-order valence-corrected chi connectivity index (χ1v) is 5.52. The Balaban J connectivity index is 2.33. The summed E-state index contributed by atoms with van der Waals surface area (Å²) < 4.78 is 0. The Labute approximate surface area is 91.1 Å². The zero-order valence-corrected chi connectivity index (χ0v) is 9.46. The van der Waals surface area contributed by atoms with E-state index in [1.807, 2.05) is 0 Å². The van der Waals surface area contributed by atoms with E-state index in [2.05, 4.69) is 32.0 Å². The molecule has 0 saturated heterocycles. The Hall–Kier alpha value is -0.860. The smallest absolute Gasteiger partial charge is 0.0468 e. The van der Waals surface area contributed by atoms with E-state index >= 15 is 0 Å². The Morgan fingerprint density at radius 3 is 2.60 bits per heavy atom. The number of benzene rings is 1. The van der Waals surface area contributed by atoms with Crippen LogP contribution in [0.25, 0.3) is 0 Å². The molecular weight excluding hydrogens is 186 g/mol. The molecule has 1 aliphatic carbocycles. The largest absolute Gasteiger partial charge is 0.396 e. The lowest BCUT2D eigenvalue weighted by molar-refractivity contribution is 0.264. The van der Waals surface area contributed by atoms with E-state index in [-0.39, 0.29) is 12.0 Å². The normalized spacial score (nSPS) is 29.2. The number of aryl methyl sites for hydroxylation is 2. The molecule has 3 N–H and O–H groups in total. The maximum absolute atomic E-state index is 9.20. The second-order valence-corrected chi connectivity index (χ2v) is 4.74. The van der Waals surface area contributed by atoms with Crippen LogP contribution in [0, 0.1) is 19.8 Å². The molecule has 1 aliphatic rings. The lowest BCUT2D eigenvalue weighted by atomic mass is 9.91. The van der Waals surface area contributed by atoms with E-state index in [1.54, 1.807) is 0 Å². The van der Waals surface area contributed by atoms with Gasteiger partial charge in [0.25, 0.3) is 0 Å². The fourth-order valence-electron chi connectivity index (χ4n) is 2.39. The van der Waals surface area contributed by atoms with Crippen molar-refractivity contribution in [3.63, 3.8) is 0 Å². The van der Waals surface area contributed by atoms with Gasteiger partial charge in [-0.2, -0.15) is 0 Å². The van der Waals surface area contributed by atoms with Gasteiger partial charge in [0.05, 0.1) is 0 Å². The van der Waals surface area contributed by atoms with Crippen LogP contribution in [0.15, 0.2) is 18.2 Å². The highest BCUT2D eigenvalue weighted by atomic mass is 16.3. The lowest BCUT2D eigenvalue weighted by Gasteiger charge is -2.16. The minimum atomic E-state index is 0.0627. The third-order valence-corrected chi connectivity index (χ3v) is 3.90. The number of hydrogen-bond acceptors (Lipinski definition) is 2. The maximum atomic E-state index is 9.20. The van der Waals surface area contributed by atoms with Crippen molar-refractivity contribution in [3.8, 4) is 0 Å². The molecule has 2 atom stereocenters. The fourth-order valence-corrected chi connectivity index (χ4v) is 2.39. The molecule has 2 nitrogen and oxygen atoms in total. The van der Waals surface area contributed by atoms with Gasteiger partial charge in [-0.1, -0.05) is 18.2 Å². The van der Waals surface area contributed by atoms with Crippen molar-refractivity contribution >= 4 is 0 Å². The Bertz CT molecular complexity index is 375. The third kappa shape index (κ3) is 1.58. The summed E-state index contributed by atoms with van der Waals surface area (Å²) in [6.07, 6.45) is 1.03. The lowest BCUT2D eigenvalue weighted by Crippen LogP contribution is -2.23. The van der Waals surface area contributed by atoms with E-state index < -0.39 is 0 Å². The number of hydrogen-bond donors (Lipinski definition) is 2. The number of aliphatic hydroxyl groups is 1. The van der Waals surface area contributed by atoms with Crippen molar-refractivity contribution in [2.45, 2.75) is 25.7 Å². The molecule has 2 rings (SSSR count). The molecule has 0 amide bonds. The predicted octanol–water partition coefficient (Wildman–Crippen LogP) is 1.51. The minimum absolute atomic E-state index is 0.0627. The van der Waals surface area contributed by atoms with Gasteiger partial charge in [-0.3, -0.25) is 0 Å². The zero-order chi connectivity index (χ0) is 11.1. The number of nitrogens with two attached hydrogens (primary N) is 1. The summed E-state index contributed by atoms with van der Waals surface area (Å²) in [5.74, 6) is 0.365. The van der Waals surface area contributed by atoms with Gasteiger partial charge in [0.1, 0.15) is 0 Å². The van der Waals surface area contributed by atoms with Gasteiger partial charge >= 0.3 is 0 Å². The average Bonchev–Trinajstić information content (AvgIpc) is 2.97. The van der Waals surface area contributed by atoms with Crippen molar-refractivity contribution in [1.29, 1.82) is 0 Å². The second kappa shape index (κ2) is 3.62. The predicted molar refractivity (Wildman–Crippen MR) is 61.8 cm³/mol. The Morgan fingerprint density at radius 2 is 2.13 bits per heavy atom. The first-order valence-electron chi connectivity index (χ1n) is 5.52. The summed E-state index contributed by atoms with van der Waals surface area (Å²) >= 11 is 0. The Kier molecular flexibility index (Phi) is 2.57. The molecule has 1 aromatic carbocycles. The van der Waals surface area contributed by atoms with Crippen LogP contribution in [0.1, 0.15) is 23.1 Å². The summed E-state index contributed by atoms with van der Waals surface area (Å²) in [6.45, 7) is 5.13. The van der Waals surface area contributed by atoms with Gasteiger partial charge in [0.2, 0.25) is 0 Å². The fraction of sp³-hybridized carbons (Fsp3) is 0.538. The molecule has 1 saturated carbocycles. The SMILES string of the molecule is Cc1ccc([C@]2(CN)C[C@@H]2CO)cc1C. The molecule has 0 aromatic heterocycles. The van der Waals surface area contributed by atoms with Gasteiger partial charge in [0, 0.05) is 18.6 Å². The van der Waals surface area contributed by atoms with Gasteiger partial charge in [-0.15, -0.1) is 0 Å². The van der Waals surface area contributed by atoms with Crippen molar-refractivity contribution < 1.29 is 5.11 Å². The standard InChI is InChI=1S/C13H19NO/c1-9-3-4-11(5-10(9)2)13(8-14)6-12(13)7-15/h3-5,12,15H,6-8,14H2,1-2H3/t12-,13-/m1/s1. The summed E-state index contributed by atoms with van der Waals surface area (Å²) in [5.41, 5.74) is 9.83. The van der Waals surface area contributed by atoms with Crippen LogP contribution in [0.3, 0.4) is 0 Å². The molecule has 82 valence electrons. The molecule has 0 heterocycles. The topological polar surface area (TPSA) is 46.2 Å². The molecule has 0 aliphatic heterocycles. The first-order chi connectivity index (χ1) is 7.14. The molecule has 1 fully saturated rings. The van der Waals surface area contributed by atoms with Crippen LogP contribution in [-0.4, -0.2) is 18.3 Å². The zero-order valence-electron chi connectivity index (χ0n) is 9.46. The van der Waals surface area contributed by atoms with Crippen LogP contribution >= 0.6 is 0 Å². The van der Waals surface area contributed by atoms with Gasteiger partial charge < -0.3 is 10.8 Å². The van der Waals surface area contributed by atoms with E-state index in [9.17, 15) is 5.11 Å². The molecule has 15 heavy (non-hydrogen) atoms. The maximum Gasteiger partial charge on any atom is 0.0468 e. The molecule has 2 heteroatoms. The van der Waals surface area contributed by atoms with E-state index in [0.717, 1.165) is 6.42 Å². The van der Waals surface area contributed by atoms with Crippen LogP contribution in [0.4, 0.5) is 0 Å². The number of rotatable bonds is 3. The summed E-state index contributed by atoms with van der Waals surface area (Å²) in [7, 11) is 0. The summed E-state index contributed by atoms with van der Waals surface area (Å²) in [4.78, 5) is 0.